The van der Waals surface area contributed by atoms with E-state index in [1.807, 2.05) is 53.2 Å². The van der Waals surface area contributed by atoms with E-state index in [-0.39, 0.29) is 18.3 Å². The number of hydrogen-bond donors (Lipinski definition) is 0. The molecular formula is C25H29ClN4O3S. The first-order chi connectivity index (χ1) is 16.2. The molecule has 180 valence electrons. The average molecular weight is 501 g/mol. The van der Waals surface area contributed by atoms with Gasteiger partial charge in [0.15, 0.2) is 5.13 Å². The van der Waals surface area contributed by atoms with Crippen LogP contribution in [0.15, 0.2) is 61.2 Å². The lowest BCUT2D eigenvalue weighted by molar-refractivity contribution is 0.0986. The maximum Gasteiger partial charge on any atom is 0.260 e. The Morgan fingerprint density at radius 2 is 1.91 bits per heavy atom. The third-order valence-electron chi connectivity index (χ3n) is 5.29. The number of ether oxygens (including phenoxy) is 2. The summed E-state index contributed by atoms with van der Waals surface area (Å²) < 4.78 is 14.1. The molecule has 2 aromatic carbocycles. The van der Waals surface area contributed by atoms with Crippen LogP contribution in [-0.4, -0.2) is 40.7 Å². The third kappa shape index (κ3) is 6.27. The number of benzene rings is 2. The van der Waals surface area contributed by atoms with E-state index in [0.29, 0.717) is 23.8 Å². The van der Waals surface area contributed by atoms with E-state index in [9.17, 15) is 4.79 Å². The number of unbranched alkanes of at least 4 members (excludes halogenated alkanes) is 1. The summed E-state index contributed by atoms with van der Waals surface area (Å²) in [5, 5.41) is 0.678. The quantitative estimate of drug-likeness (QED) is 0.242. The van der Waals surface area contributed by atoms with Crippen molar-refractivity contribution < 1.29 is 14.3 Å². The lowest BCUT2D eigenvalue weighted by atomic mass is 10.2. The molecule has 0 N–H and O–H groups in total. The molecule has 0 unspecified atom stereocenters. The van der Waals surface area contributed by atoms with Gasteiger partial charge in [-0.3, -0.25) is 9.69 Å². The van der Waals surface area contributed by atoms with Gasteiger partial charge in [0, 0.05) is 31.0 Å². The number of aromatic nitrogens is 3. The predicted molar refractivity (Wildman–Crippen MR) is 139 cm³/mol. The van der Waals surface area contributed by atoms with Crippen LogP contribution in [0.3, 0.4) is 0 Å². The number of hydrogen-bond acceptors (Lipinski definition) is 6. The van der Waals surface area contributed by atoms with Gasteiger partial charge in [-0.25, -0.2) is 9.97 Å². The van der Waals surface area contributed by atoms with Crippen molar-refractivity contribution in [3.8, 4) is 11.5 Å². The summed E-state index contributed by atoms with van der Waals surface area (Å²) in [6.45, 7) is 4.12. The van der Waals surface area contributed by atoms with Gasteiger partial charge in [0.05, 0.1) is 30.3 Å². The number of anilines is 1. The van der Waals surface area contributed by atoms with Crippen molar-refractivity contribution in [1.82, 2.24) is 14.5 Å². The van der Waals surface area contributed by atoms with E-state index >= 15 is 0 Å². The minimum absolute atomic E-state index is 0. The SMILES string of the molecule is CCCCOc1ccc(C(=O)N(CCCn2ccnc2)c2nc3ccc(OC)cc3s2)cc1.Cl. The van der Waals surface area contributed by atoms with E-state index in [1.54, 1.807) is 24.5 Å². The first-order valence-electron chi connectivity index (χ1n) is 11.1. The molecule has 0 aliphatic heterocycles. The number of methoxy groups -OCH3 is 1. The lowest BCUT2D eigenvalue weighted by Gasteiger charge is -2.20. The Labute approximate surface area is 209 Å². The lowest BCUT2D eigenvalue weighted by Crippen LogP contribution is -2.32. The molecule has 0 bridgehead atoms. The molecule has 2 heterocycles. The van der Waals surface area contributed by atoms with Gasteiger partial charge in [0.1, 0.15) is 11.5 Å². The molecule has 0 spiro atoms. The average Bonchev–Trinajstić information content (AvgIpc) is 3.51. The number of carbonyl (C=O) groups is 1. The zero-order chi connectivity index (χ0) is 23.0. The van der Waals surface area contributed by atoms with Gasteiger partial charge < -0.3 is 14.0 Å². The Hall–Kier alpha value is -3.10. The van der Waals surface area contributed by atoms with Gasteiger partial charge in [-0.05, 0) is 55.3 Å². The van der Waals surface area contributed by atoms with E-state index < -0.39 is 0 Å². The molecule has 0 aliphatic rings. The summed E-state index contributed by atoms with van der Waals surface area (Å²) in [4.78, 5) is 24.1. The van der Waals surface area contributed by atoms with E-state index in [0.717, 1.165) is 47.5 Å². The number of imidazole rings is 1. The highest BCUT2D eigenvalue weighted by atomic mass is 35.5. The molecule has 9 heteroatoms. The van der Waals surface area contributed by atoms with Crippen LogP contribution < -0.4 is 14.4 Å². The van der Waals surface area contributed by atoms with Gasteiger partial charge in [0.25, 0.3) is 5.91 Å². The minimum atomic E-state index is -0.0771. The topological polar surface area (TPSA) is 69.5 Å². The molecule has 0 atom stereocenters. The van der Waals surface area contributed by atoms with Gasteiger partial charge in [0.2, 0.25) is 0 Å². The number of rotatable bonds is 11. The molecular weight excluding hydrogens is 472 g/mol. The predicted octanol–water partition coefficient (Wildman–Crippen LogP) is 5.84. The molecule has 4 rings (SSSR count). The monoisotopic (exact) mass is 500 g/mol. The summed E-state index contributed by atoms with van der Waals surface area (Å²) in [6, 6.07) is 13.1. The number of thiazole rings is 1. The Kier molecular flexibility index (Phi) is 9.30. The summed E-state index contributed by atoms with van der Waals surface area (Å²) in [5.41, 5.74) is 1.46. The molecule has 34 heavy (non-hydrogen) atoms. The van der Waals surface area contributed by atoms with Crippen LogP contribution >= 0.6 is 23.7 Å². The number of aryl methyl sites for hydroxylation is 1. The summed E-state index contributed by atoms with van der Waals surface area (Å²) >= 11 is 1.49. The molecule has 0 fully saturated rings. The summed E-state index contributed by atoms with van der Waals surface area (Å²) in [7, 11) is 1.64. The first kappa shape index (κ1) is 25.5. The number of amides is 1. The number of nitrogens with zero attached hydrogens (tertiary/aromatic N) is 4. The minimum Gasteiger partial charge on any atom is -0.497 e. The zero-order valence-corrected chi connectivity index (χ0v) is 21.0. The molecule has 1 amide bonds. The highest BCUT2D eigenvalue weighted by Crippen LogP contribution is 2.32. The Bertz CT molecular complexity index is 1180. The number of carbonyl (C=O) groups excluding carboxylic acids is 1. The largest absolute Gasteiger partial charge is 0.497 e. The van der Waals surface area contributed by atoms with Crippen LogP contribution in [0.2, 0.25) is 0 Å². The van der Waals surface area contributed by atoms with Crippen LogP contribution in [0.25, 0.3) is 10.2 Å². The summed E-state index contributed by atoms with van der Waals surface area (Å²) in [5.74, 6) is 1.47. The van der Waals surface area contributed by atoms with Crippen molar-refractivity contribution in [2.24, 2.45) is 0 Å². The first-order valence-corrected chi connectivity index (χ1v) is 11.9. The Morgan fingerprint density at radius 3 is 2.62 bits per heavy atom. The van der Waals surface area contributed by atoms with Crippen molar-refractivity contribution in [1.29, 1.82) is 0 Å². The molecule has 2 aromatic heterocycles. The molecule has 0 saturated carbocycles. The number of halogens is 1. The van der Waals surface area contributed by atoms with E-state index in [1.165, 1.54) is 11.3 Å². The Balaban J connectivity index is 0.00000324. The molecule has 0 saturated heterocycles. The maximum atomic E-state index is 13.5. The van der Waals surface area contributed by atoms with Crippen molar-refractivity contribution in [3.63, 3.8) is 0 Å². The molecule has 0 radical (unpaired) electrons. The van der Waals surface area contributed by atoms with Gasteiger partial charge >= 0.3 is 0 Å². The maximum absolute atomic E-state index is 13.5. The second-order valence-corrected chi connectivity index (χ2v) is 8.68. The van der Waals surface area contributed by atoms with Gasteiger partial charge in [-0.2, -0.15) is 0 Å². The fraction of sp³-hybridized carbons (Fsp3) is 0.320. The zero-order valence-electron chi connectivity index (χ0n) is 19.3. The molecule has 7 nitrogen and oxygen atoms in total. The molecule has 4 aromatic rings. The fourth-order valence-electron chi connectivity index (χ4n) is 3.43. The molecule has 0 aliphatic carbocycles. The fourth-order valence-corrected chi connectivity index (χ4v) is 4.45. The van der Waals surface area contributed by atoms with E-state index in [4.69, 9.17) is 14.5 Å². The highest BCUT2D eigenvalue weighted by molar-refractivity contribution is 7.22. The second-order valence-electron chi connectivity index (χ2n) is 7.67. The van der Waals surface area contributed by atoms with Crippen molar-refractivity contribution in [2.45, 2.75) is 32.7 Å². The standard InChI is InChI=1S/C25H28N4O3S.ClH/c1-3-4-16-32-20-8-6-19(7-9-20)24(30)29(14-5-13-28-15-12-26-18-28)25-27-22-11-10-21(31-2)17-23(22)33-25;/h6-12,15,17-18H,3-5,13-14,16H2,1-2H3;1H. The highest BCUT2D eigenvalue weighted by Gasteiger charge is 2.21. The second kappa shape index (κ2) is 12.4. The smallest absolute Gasteiger partial charge is 0.260 e. The van der Waals surface area contributed by atoms with Crippen molar-refractivity contribution >= 4 is 45.0 Å². The van der Waals surface area contributed by atoms with Crippen LogP contribution in [0.5, 0.6) is 11.5 Å². The van der Waals surface area contributed by atoms with Crippen LogP contribution in [0.1, 0.15) is 36.5 Å². The Morgan fingerprint density at radius 1 is 1.12 bits per heavy atom. The van der Waals surface area contributed by atoms with Crippen molar-refractivity contribution in [3.05, 3.63) is 66.7 Å². The van der Waals surface area contributed by atoms with Gasteiger partial charge in [-0.1, -0.05) is 24.7 Å². The van der Waals surface area contributed by atoms with Crippen LogP contribution in [0.4, 0.5) is 5.13 Å². The van der Waals surface area contributed by atoms with Crippen molar-refractivity contribution in [2.75, 3.05) is 25.2 Å². The van der Waals surface area contributed by atoms with Crippen LogP contribution in [-0.2, 0) is 6.54 Å². The number of fused-ring (bicyclic) bond motifs is 1. The van der Waals surface area contributed by atoms with E-state index in [2.05, 4.69) is 11.9 Å². The normalized spacial score (nSPS) is 10.6. The third-order valence-corrected chi connectivity index (χ3v) is 6.33. The van der Waals surface area contributed by atoms with Gasteiger partial charge in [-0.15, -0.1) is 12.4 Å². The van der Waals surface area contributed by atoms with Crippen LogP contribution in [0, 0.1) is 0 Å². The summed E-state index contributed by atoms with van der Waals surface area (Å²) in [6.07, 6.45) is 8.33.